The molecule has 0 aliphatic heterocycles. The second kappa shape index (κ2) is 6.86. The third-order valence-electron chi connectivity index (χ3n) is 2.69. The summed E-state index contributed by atoms with van der Waals surface area (Å²) in [4.78, 5) is 11.6. The average Bonchev–Trinajstić information content (AvgIpc) is 2.92. The number of nitrogens with one attached hydrogen (secondary N) is 1. The SMILES string of the molecule is CC(C)OCC(=O)Nc1ccc(Cn2cccn2)cc1. The third-order valence-corrected chi connectivity index (χ3v) is 2.69. The lowest BCUT2D eigenvalue weighted by molar-refractivity contribution is -0.121. The molecule has 0 bridgehead atoms. The van der Waals surface area contributed by atoms with Crippen molar-refractivity contribution in [1.82, 2.24) is 9.78 Å². The van der Waals surface area contributed by atoms with Crippen molar-refractivity contribution in [3.05, 3.63) is 48.3 Å². The molecule has 20 heavy (non-hydrogen) atoms. The van der Waals surface area contributed by atoms with Gasteiger partial charge in [-0.25, -0.2) is 0 Å². The standard InChI is InChI=1S/C15H19N3O2/c1-12(2)20-11-15(19)17-14-6-4-13(5-7-14)10-18-9-3-8-16-18/h3-9,12H,10-11H2,1-2H3,(H,17,19). The van der Waals surface area contributed by atoms with Gasteiger partial charge in [0.1, 0.15) is 6.61 Å². The molecule has 1 aromatic heterocycles. The van der Waals surface area contributed by atoms with Gasteiger partial charge < -0.3 is 10.1 Å². The van der Waals surface area contributed by atoms with E-state index in [9.17, 15) is 4.79 Å². The number of nitrogens with zero attached hydrogens (tertiary/aromatic N) is 2. The molecule has 0 atom stereocenters. The number of aromatic nitrogens is 2. The van der Waals surface area contributed by atoms with Crippen molar-refractivity contribution >= 4 is 11.6 Å². The molecule has 5 nitrogen and oxygen atoms in total. The van der Waals surface area contributed by atoms with Crippen LogP contribution in [0.4, 0.5) is 5.69 Å². The van der Waals surface area contributed by atoms with E-state index < -0.39 is 0 Å². The van der Waals surface area contributed by atoms with Gasteiger partial charge in [-0.1, -0.05) is 12.1 Å². The molecule has 0 saturated heterocycles. The van der Waals surface area contributed by atoms with Crippen LogP contribution in [-0.2, 0) is 16.1 Å². The van der Waals surface area contributed by atoms with Gasteiger partial charge in [0.25, 0.3) is 0 Å². The molecule has 106 valence electrons. The first-order valence-corrected chi connectivity index (χ1v) is 6.61. The Hall–Kier alpha value is -2.14. The lowest BCUT2D eigenvalue weighted by Crippen LogP contribution is -2.20. The van der Waals surface area contributed by atoms with Gasteiger partial charge in [-0.15, -0.1) is 0 Å². The summed E-state index contributed by atoms with van der Waals surface area (Å²) >= 11 is 0. The summed E-state index contributed by atoms with van der Waals surface area (Å²) < 4.78 is 7.10. The van der Waals surface area contributed by atoms with Gasteiger partial charge >= 0.3 is 0 Å². The molecule has 5 heteroatoms. The normalized spacial score (nSPS) is 10.8. The first-order chi connectivity index (χ1) is 9.63. The van der Waals surface area contributed by atoms with Crippen LogP contribution in [0.15, 0.2) is 42.7 Å². The van der Waals surface area contributed by atoms with Gasteiger partial charge in [-0.3, -0.25) is 9.48 Å². The highest BCUT2D eigenvalue weighted by Gasteiger charge is 2.04. The summed E-state index contributed by atoms with van der Waals surface area (Å²) in [6, 6.07) is 9.60. The van der Waals surface area contributed by atoms with Crippen molar-refractivity contribution in [2.45, 2.75) is 26.5 Å². The Balaban J connectivity index is 1.86. The number of anilines is 1. The van der Waals surface area contributed by atoms with E-state index in [2.05, 4.69) is 10.4 Å². The highest BCUT2D eigenvalue weighted by Crippen LogP contribution is 2.10. The maximum atomic E-state index is 11.6. The monoisotopic (exact) mass is 273 g/mol. The molecule has 2 aromatic rings. The smallest absolute Gasteiger partial charge is 0.250 e. The van der Waals surface area contributed by atoms with E-state index in [-0.39, 0.29) is 18.6 Å². The number of amides is 1. The minimum absolute atomic E-state index is 0.0530. The van der Waals surface area contributed by atoms with E-state index in [0.717, 1.165) is 17.8 Å². The number of carbonyl (C=O) groups is 1. The molecule has 1 heterocycles. The zero-order chi connectivity index (χ0) is 14.4. The van der Waals surface area contributed by atoms with Gasteiger partial charge in [0.2, 0.25) is 5.91 Å². The minimum Gasteiger partial charge on any atom is -0.369 e. The molecular weight excluding hydrogens is 254 g/mol. The zero-order valence-electron chi connectivity index (χ0n) is 11.7. The Kier molecular flexibility index (Phi) is 4.90. The fourth-order valence-electron chi connectivity index (χ4n) is 1.71. The molecule has 0 spiro atoms. The maximum absolute atomic E-state index is 11.6. The maximum Gasteiger partial charge on any atom is 0.250 e. The van der Waals surface area contributed by atoms with E-state index in [0.29, 0.717) is 0 Å². The largest absolute Gasteiger partial charge is 0.369 e. The molecule has 1 amide bonds. The number of ether oxygens (including phenoxy) is 1. The lowest BCUT2D eigenvalue weighted by atomic mass is 10.2. The van der Waals surface area contributed by atoms with Gasteiger partial charge in [0.05, 0.1) is 12.6 Å². The van der Waals surface area contributed by atoms with Crippen molar-refractivity contribution in [2.24, 2.45) is 0 Å². The van der Waals surface area contributed by atoms with Crippen LogP contribution >= 0.6 is 0 Å². The molecule has 0 saturated carbocycles. The lowest BCUT2D eigenvalue weighted by Gasteiger charge is -2.09. The summed E-state index contributed by atoms with van der Waals surface area (Å²) in [5.74, 6) is -0.140. The molecule has 0 aliphatic carbocycles. The van der Waals surface area contributed by atoms with E-state index >= 15 is 0 Å². The van der Waals surface area contributed by atoms with Gasteiger partial charge in [0.15, 0.2) is 0 Å². The second-order valence-corrected chi connectivity index (χ2v) is 4.81. The van der Waals surface area contributed by atoms with Crippen molar-refractivity contribution in [3.8, 4) is 0 Å². The van der Waals surface area contributed by atoms with Crippen LogP contribution in [0.25, 0.3) is 0 Å². The van der Waals surface area contributed by atoms with Crippen LogP contribution < -0.4 is 5.32 Å². The van der Waals surface area contributed by atoms with Gasteiger partial charge in [-0.2, -0.15) is 5.10 Å². The predicted molar refractivity (Wildman–Crippen MR) is 77.5 cm³/mol. The molecule has 0 aliphatic rings. The minimum atomic E-state index is -0.140. The van der Waals surface area contributed by atoms with Crippen LogP contribution in [0, 0.1) is 0 Å². The Bertz CT molecular complexity index is 533. The highest BCUT2D eigenvalue weighted by atomic mass is 16.5. The Morgan fingerprint density at radius 1 is 1.35 bits per heavy atom. The summed E-state index contributed by atoms with van der Waals surface area (Å²) in [6.07, 6.45) is 3.72. The fraction of sp³-hybridized carbons (Fsp3) is 0.333. The van der Waals surface area contributed by atoms with Crippen LogP contribution in [0.1, 0.15) is 19.4 Å². The fourth-order valence-corrected chi connectivity index (χ4v) is 1.71. The highest BCUT2D eigenvalue weighted by molar-refractivity contribution is 5.91. The molecule has 0 unspecified atom stereocenters. The Morgan fingerprint density at radius 2 is 2.10 bits per heavy atom. The Labute approximate surface area is 118 Å². The molecule has 2 rings (SSSR count). The van der Waals surface area contributed by atoms with Gasteiger partial charge in [-0.05, 0) is 37.6 Å². The van der Waals surface area contributed by atoms with Crippen LogP contribution in [0.5, 0.6) is 0 Å². The zero-order valence-corrected chi connectivity index (χ0v) is 11.7. The number of rotatable bonds is 6. The topological polar surface area (TPSA) is 56.1 Å². The molecule has 1 aromatic carbocycles. The first-order valence-electron chi connectivity index (χ1n) is 6.61. The molecular formula is C15H19N3O2. The average molecular weight is 273 g/mol. The predicted octanol–water partition coefficient (Wildman–Crippen LogP) is 2.29. The first kappa shape index (κ1) is 14.3. The summed E-state index contributed by atoms with van der Waals surface area (Å²) in [7, 11) is 0. The quantitative estimate of drug-likeness (QED) is 0.878. The van der Waals surface area contributed by atoms with Crippen LogP contribution in [0.2, 0.25) is 0 Å². The van der Waals surface area contributed by atoms with E-state index in [1.54, 1.807) is 6.20 Å². The van der Waals surface area contributed by atoms with Crippen molar-refractivity contribution in [1.29, 1.82) is 0 Å². The van der Waals surface area contributed by atoms with E-state index in [1.807, 2.05) is 55.1 Å². The second-order valence-electron chi connectivity index (χ2n) is 4.81. The summed E-state index contributed by atoms with van der Waals surface area (Å²) in [5.41, 5.74) is 1.90. The third kappa shape index (κ3) is 4.51. The van der Waals surface area contributed by atoms with Gasteiger partial charge in [0, 0.05) is 18.1 Å². The van der Waals surface area contributed by atoms with Crippen LogP contribution in [0.3, 0.4) is 0 Å². The number of benzene rings is 1. The number of hydrogen-bond acceptors (Lipinski definition) is 3. The summed E-state index contributed by atoms with van der Waals surface area (Å²) in [6.45, 7) is 4.60. The molecule has 0 radical (unpaired) electrons. The van der Waals surface area contributed by atoms with Crippen molar-refractivity contribution in [3.63, 3.8) is 0 Å². The summed E-state index contributed by atoms with van der Waals surface area (Å²) in [5, 5.41) is 6.95. The Morgan fingerprint density at radius 3 is 2.70 bits per heavy atom. The van der Waals surface area contributed by atoms with Crippen LogP contribution in [-0.4, -0.2) is 28.4 Å². The van der Waals surface area contributed by atoms with E-state index in [1.165, 1.54) is 0 Å². The number of hydrogen-bond donors (Lipinski definition) is 1. The molecule has 1 N–H and O–H groups in total. The molecule has 0 fully saturated rings. The number of carbonyl (C=O) groups excluding carboxylic acids is 1. The van der Waals surface area contributed by atoms with Crippen molar-refractivity contribution in [2.75, 3.05) is 11.9 Å². The van der Waals surface area contributed by atoms with Crippen molar-refractivity contribution < 1.29 is 9.53 Å². The van der Waals surface area contributed by atoms with E-state index in [4.69, 9.17) is 4.74 Å².